The van der Waals surface area contributed by atoms with Crippen molar-refractivity contribution in [1.82, 2.24) is 25.0 Å². The summed E-state index contributed by atoms with van der Waals surface area (Å²) < 4.78 is 14.2. The van der Waals surface area contributed by atoms with Crippen LogP contribution in [0.4, 0.5) is 4.39 Å². The van der Waals surface area contributed by atoms with E-state index in [0.717, 1.165) is 79.2 Å². The third kappa shape index (κ3) is 6.75. The molecule has 0 aliphatic carbocycles. The van der Waals surface area contributed by atoms with Gasteiger partial charge < -0.3 is 10.2 Å². The second-order valence-electron chi connectivity index (χ2n) is 11.4. The number of piperazine rings is 1. The normalized spacial score (nSPS) is 19.9. The zero-order valence-corrected chi connectivity index (χ0v) is 24.0. The highest BCUT2D eigenvalue weighted by Crippen LogP contribution is 2.41. The lowest BCUT2D eigenvalue weighted by molar-refractivity contribution is 0.156. The average Bonchev–Trinajstić information content (AvgIpc) is 2.91. The molecule has 0 saturated carbocycles. The van der Waals surface area contributed by atoms with Gasteiger partial charge in [0.1, 0.15) is 5.82 Å². The maximum absolute atomic E-state index is 14.2. The molecular formula is C31H42FN5S. The van der Waals surface area contributed by atoms with Crippen LogP contribution in [0.3, 0.4) is 0 Å². The molecule has 38 heavy (non-hydrogen) atoms. The quantitative estimate of drug-likeness (QED) is 0.451. The van der Waals surface area contributed by atoms with Crippen molar-refractivity contribution in [2.75, 3.05) is 83.4 Å². The van der Waals surface area contributed by atoms with Gasteiger partial charge in [-0.05, 0) is 60.9 Å². The maximum atomic E-state index is 14.2. The van der Waals surface area contributed by atoms with Crippen molar-refractivity contribution in [3.8, 4) is 11.3 Å². The van der Waals surface area contributed by atoms with Gasteiger partial charge in [0.05, 0.1) is 11.2 Å². The highest BCUT2D eigenvalue weighted by atomic mass is 32.3. The van der Waals surface area contributed by atoms with Crippen molar-refractivity contribution >= 4 is 26.6 Å². The summed E-state index contributed by atoms with van der Waals surface area (Å²) in [7, 11) is 1.79. The first kappa shape index (κ1) is 27.1. The number of aromatic nitrogens is 1. The number of pyridine rings is 1. The van der Waals surface area contributed by atoms with Crippen LogP contribution in [0, 0.1) is 5.82 Å². The van der Waals surface area contributed by atoms with Crippen molar-refractivity contribution < 1.29 is 4.39 Å². The minimum absolute atomic E-state index is 0.259. The van der Waals surface area contributed by atoms with Crippen molar-refractivity contribution in [1.29, 1.82) is 0 Å². The van der Waals surface area contributed by atoms with Gasteiger partial charge in [-0.2, -0.15) is 0 Å². The molecular weight excluding hydrogens is 493 g/mol. The summed E-state index contributed by atoms with van der Waals surface area (Å²) in [5, 5.41) is 4.29. The van der Waals surface area contributed by atoms with E-state index in [0.29, 0.717) is 0 Å². The Kier molecular flexibility index (Phi) is 8.38. The highest BCUT2D eigenvalue weighted by Gasteiger charge is 2.21. The van der Waals surface area contributed by atoms with Gasteiger partial charge in [0.2, 0.25) is 0 Å². The van der Waals surface area contributed by atoms with Crippen LogP contribution in [0.1, 0.15) is 11.1 Å². The second kappa shape index (κ2) is 11.7. The van der Waals surface area contributed by atoms with Crippen molar-refractivity contribution in [2.45, 2.75) is 6.54 Å². The summed E-state index contributed by atoms with van der Waals surface area (Å²) >= 11 is 0. The van der Waals surface area contributed by atoms with Crippen molar-refractivity contribution in [3.05, 3.63) is 72.1 Å². The molecule has 3 aromatic rings. The molecule has 2 aromatic carbocycles. The zero-order valence-electron chi connectivity index (χ0n) is 23.2. The lowest BCUT2D eigenvalue weighted by Crippen LogP contribution is -2.46. The van der Waals surface area contributed by atoms with Gasteiger partial charge >= 0.3 is 0 Å². The summed E-state index contributed by atoms with van der Waals surface area (Å²) in [6.45, 7) is 13.9. The van der Waals surface area contributed by atoms with Crippen LogP contribution in [0.5, 0.6) is 0 Å². The van der Waals surface area contributed by atoms with Crippen molar-refractivity contribution in [3.63, 3.8) is 0 Å². The summed E-state index contributed by atoms with van der Waals surface area (Å²) in [5.41, 5.74) is 5.78. The topological polar surface area (TPSA) is 34.6 Å². The molecule has 2 aliphatic rings. The number of halogens is 1. The smallest absolute Gasteiger partial charge is 0.123 e. The molecule has 1 N–H and O–H groups in total. The number of nitrogens with zero attached hydrogens (tertiary/aromatic N) is 4. The van der Waals surface area contributed by atoms with Crippen LogP contribution in [-0.2, 0) is 6.54 Å². The van der Waals surface area contributed by atoms with E-state index >= 15 is 0 Å². The van der Waals surface area contributed by atoms with E-state index in [1.54, 1.807) is 12.1 Å². The van der Waals surface area contributed by atoms with Gasteiger partial charge in [-0.1, -0.05) is 30.8 Å². The Morgan fingerprint density at radius 2 is 1.66 bits per heavy atom. The molecule has 3 heterocycles. The predicted molar refractivity (Wildman–Crippen MR) is 163 cm³/mol. The Morgan fingerprint density at radius 3 is 2.37 bits per heavy atom. The van der Waals surface area contributed by atoms with Crippen LogP contribution in [0.15, 0.2) is 55.1 Å². The minimum atomic E-state index is -0.386. The lowest BCUT2D eigenvalue weighted by Gasteiger charge is -2.41. The van der Waals surface area contributed by atoms with Crippen molar-refractivity contribution in [2.24, 2.45) is 0 Å². The first-order chi connectivity index (χ1) is 18.3. The molecule has 2 aliphatic heterocycles. The Bertz CT molecular complexity index is 1260. The molecule has 0 atom stereocenters. The Labute approximate surface area is 229 Å². The molecule has 0 spiro atoms. The first-order valence-electron chi connectivity index (χ1n) is 13.7. The summed E-state index contributed by atoms with van der Waals surface area (Å²) in [5.74, 6) is 2.41. The van der Waals surface area contributed by atoms with Gasteiger partial charge in [-0.25, -0.2) is 19.4 Å². The van der Waals surface area contributed by atoms with E-state index in [2.05, 4.69) is 76.5 Å². The monoisotopic (exact) mass is 535 g/mol. The number of benzene rings is 2. The molecule has 204 valence electrons. The fourth-order valence-corrected chi connectivity index (χ4v) is 7.00. The third-order valence-corrected chi connectivity index (χ3v) is 10.6. The third-order valence-electron chi connectivity index (χ3n) is 8.03. The van der Waals surface area contributed by atoms with Gasteiger partial charge in [0.25, 0.3) is 0 Å². The zero-order chi connectivity index (χ0) is 26.7. The SMILES string of the molecule is C=C(NCCN1CCN(C)CC1)c1cc(-c2ccc(CN3CCS(C)(C)CC3)cc2)nc2ccc(F)cc12. The summed E-state index contributed by atoms with van der Waals surface area (Å²) in [4.78, 5) is 12.3. The number of nitrogens with one attached hydrogen (secondary N) is 1. The predicted octanol–water partition coefficient (Wildman–Crippen LogP) is 4.73. The molecule has 5 nitrogen and oxygen atoms in total. The minimum Gasteiger partial charge on any atom is -0.384 e. The molecule has 0 amide bonds. The molecule has 2 fully saturated rings. The van der Waals surface area contributed by atoms with E-state index < -0.39 is 0 Å². The van der Waals surface area contributed by atoms with Gasteiger partial charge in [-0.15, -0.1) is 0 Å². The number of fused-ring (bicyclic) bond motifs is 1. The van der Waals surface area contributed by atoms with E-state index in [-0.39, 0.29) is 15.8 Å². The molecule has 0 radical (unpaired) electrons. The summed E-state index contributed by atoms with van der Waals surface area (Å²) in [6, 6.07) is 15.7. The second-order valence-corrected chi connectivity index (χ2v) is 15.8. The van der Waals surface area contributed by atoms with E-state index in [1.807, 2.05) is 0 Å². The van der Waals surface area contributed by atoms with Gasteiger partial charge in [-0.3, -0.25) is 9.80 Å². The van der Waals surface area contributed by atoms with E-state index in [4.69, 9.17) is 4.98 Å². The Hall–Kier alpha value is -2.45. The average molecular weight is 536 g/mol. The Morgan fingerprint density at radius 1 is 0.947 bits per heavy atom. The number of rotatable bonds is 8. The largest absolute Gasteiger partial charge is 0.384 e. The molecule has 1 aromatic heterocycles. The molecule has 0 bridgehead atoms. The van der Waals surface area contributed by atoms with Crippen LogP contribution >= 0.6 is 10.0 Å². The molecule has 5 rings (SSSR count). The molecule has 7 heteroatoms. The maximum Gasteiger partial charge on any atom is 0.123 e. The standard InChI is InChI=1S/C31H42FN5S/c1-24(33-11-12-36-15-13-35(2)14-16-36)28-22-31(34-30-10-9-27(32)21-29(28)30)26-7-5-25(6-8-26)23-37-17-19-38(3,4)20-18-37/h5-10,21-22,33H,1,11-20,23H2,2-4H3. The highest BCUT2D eigenvalue weighted by molar-refractivity contribution is 8.32. The molecule has 2 saturated heterocycles. The lowest BCUT2D eigenvalue weighted by atomic mass is 10.0. The van der Waals surface area contributed by atoms with Crippen LogP contribution < -0.4 is 5.32 Å². The fraction of sp³-hybridized carbons (Fsp3) is 0.452. The number of hydrogen-bond acceptors (Lipinski definition) is 5. The Balaban J connectivity index is 1.30. The first-order valence-corrected chi connectivity index (χ1v) is 16.5. The fourth-order valence-electron chi connectivity index (χ4n) is 5.29. The van der Waals surface area contributed by atoms with E-state index in [9.17, 15) is 4.39 Å². The number of hydrogen-bond donors (Lipinski definition) is 1. The number of likely N-dealkylation sites (N-methyl/N-ethyl adjacent to an activating group) is 1. The van der Waals surface area contributed by atoms with Crippen LogP contribution in [0.2, 0.25) is 0 Å². The van der Waals surface area contributed by atoms with Gasteiger partial charge in [0.15, 0.2) is 0 Å². The van der Waals surface area contributed by atoms with Crippen LogP contribution in [0.25, 0.3) is 27.9 Å². The van der Waals surface area contributed by atoms with E-state index in [1.165, 1.54) is 36.2 Å². The van der Waals surface area contributed by atoms with Crippen LogP contribution in [-0.4, -0.2) is 103 Å². The summed E-state index contributed by atoms with van der Waals surface area (Å²) in [6.07, 6.45) is 4.91. The molecule has 0 unspecified atom stereocenters. The van der Waals surface area contributed by atoms with Gasteiger partial charge in [0, 0.05) is 81.1 Å².